The predicted octanol–water partition coefficient (Wildman–Crippen LogP) is 5.18. The minimum absolute atomic E-state index is 0.134. The summed E-state index contributed by atoms with van der Waals surface area (Å²) in [7, 11) is 0. The van der Waals surface area contributed by atoms with E-state index in [0.29, 0.717) is 46.6 Å². The van der Waals surface area contributed by atoms with Crippen LogP contribution in [-0.4, -0.2) is 51.1 Å². The fourth-order valence-electron chi connectivity index (χ4n) is 4.38. The number of anilines is 1. The smallest absolute Gasteiger partial charge is 0.404 e. The Morgan fingerprint density at radius 1 is 1.16 bits per heavy atom. The molecule has 190 valence electrons. The van der Waals surface area contributed by atoms with Gasteiger partial charge in [-0.1, -0.05) is 35.3 Å². The lowest BCUT2D eigenvalue weighted by Gasteiger charge is -2.15. The van der Waals surface area contributed by atoms with Gasteiger partial charge in [0, 0.05) is 51.4 Å². The molecular formula is C26H23Cl2N5O4. The maximum atomic E-state index is 13.0. The van der Waals surface area contributed by atoms with Gasteiger partial charge >= 0.3 is 6.09 Å². The molecule has 1 aliphatic rings. The molecule has 0 spiro atoms. The van der Waals surface area contributed by atoms with Gasteiger partial charge in [-0.15, -0.1) is 0 Å². The van der Waals surface area contributed by atoms with Gasteiger partial charge in [-0.3, -0.25) is 4.79 Å². The van der Waals surface area contributed by atoms with E-state index >= 15 is 0 Å². The number of nitrogens with one attached hydrogen (secondary N) is 2. The number of nitrogens with two attached hydrogens (primary N) is 1. The topological polar surface area (TPSA) is 134 Å². The number of halogens is 2. The number of hydrogen-bond acceptors (Lipinski definition) is 5. The number of rotatable bonds is 6. The Morgan fingerprint density at radius 2 is 1.95 bits per heavy atom. The molecule has 5 N–H and O–H groups in total. The molecule has 2 aromatic heterocycles. The molecule has 0 unspecified atom stereocenters. The van der Waals surface area contributed by atoms with Gasteiger partial charge in [0.2, 0.25) is 0 Å². The minimum Gasteiger partial charge on any atom is -0.485 e. The standard InChI is InChI=1S/C26H23Cl2N5O4/c27-19-2-1-3-20(28)18(19)13-37-23-10-16(11-30-24(23)29)14-4-5-21-15(8-14)9-22(32-21)25(34)33-7-6-17(12-33)31-26(35)36/h1-5,8-11,17,31-32H,6-7,12-13H2,(H2,29,30)(H,35,36)/t17-/m0/s1. The van der Waals surface area contributed by atoms with E-state index in [2.05, 4.69) is 15.3 Å². The third kappa shape index (κ3) is 5.28. The van der Waals surface area contributed by atoms with Gasteiger partial charge in [-0.2, -0.15) is 0 Å². The number of carboxylic acid groups (broad SMARTS) is 1. The number of nitrogen functional groups attached to an aromatic ring is 1. The van der Waals surface area contributed by atoms with Crippen molar-refractivity contribution in [3.05, 3.63) is 76.0 Å². The Kier molecular flexibility index (Phi) is 6.82. The quantitative estimate of drug-likeness (QED) is 0.266. The molecule has 0 bridgehead atoms. The van der Waals surface area contributed by atoms with Crippen molar-refractivity contribution in [1.29, 1.82) is 0 Å². The fourth-order valence-corrected chi connectivity index (χ4v) is 4.89. The molecule has 4 aromatic rings. The van der Waals surface area contributed by atoms with Crippen molar-refractivity contribution in [3.63, 3.8) is 0 Å². The van der Waals surface area contributed by atoms with E-state index in [9.17, 15) is 9.59 Å². The molecular weight excluding hydrogens is 517 g/mol. The summed E-state index contributed by atoms with van der Waals surface area (Å²) in [6.45, 7) is 0.963. The first-order valence-corrected chi connectivity index (χ1v) is 12.3. The van der Waals surface area contributed by atoms with E-state index in [1.807, 2.05) is 18.2 Å². The van der Waals surface area contributed by atoms with Gasteiger partial charge in [-0.05, 0) is 48.4 Å². The van der Waals surface area contributed by atoms with E-state index in [0.717, 1.165) is 22.0 Å². The van der Waals surface area contributed by atoms with Crippen LogP contribution in [0.4, 0.5) is 10.6 Å². The number of benzene rings is 2. The second-order valence-corrected chi connectivity index (χ2v) is 9.58. The molecule has 1 aliphatic heterocycles. The number of amides is 2. The highest BCUT2D eigenvalue weighted by Crippen LogP contribution is 2.32. The molecule has 0 radical (unpaired) electrons. The molecule has 1 fully saturated rings. The number of nitrogens with zero attached hydrogens (tertiary/aromatic N) is 2. The molecule has 11 heteroatoms. The predicted molar refractivity (Wildman–Crippen MR) is 142 cm³/mol. The second-order valence-electron chi connectivity index (χ2n) is 8.77. The van der Waals surface area contributed by atoms with Gasteiger partial charge in [-0.25, -0.2) is 9.78 Å². The Balaban J connectivity index is 1.35. The van der Waals surface area contributed by atoms with Gasteiger partial charge in [0.05, 0.1) is 6.04 Å². The Labute approximate surface area is 222 Å². The lowest BCUT2D eigenvalue weighted by atomic mass is 10.1. The lowest BCUT2D eigenvalue weighted by Crippen LogP contribution is -2.37. The number of carbonyl (C=O) groups is 2. The van der Waals surface area contributed by atoms with Gasteiger partial charge < -0.3 is 30.8 Å². The second kappa shape index (κ2) is 10.2. The summed E-state index contributed by atoms with van der Waals surface area (Å²) in [6, 6.07) is 14.3. The van der Waals surface area contributed by atoms with E-state index in [4.69, 9.17) is 38.8 Å². The molecule has 9 nitrogen and oxygen atoms in total. The van der Waals surface area contributed by atoms with Crippen LogP contribution < -0.4 is 15.8 Å². The number of pyridine rings is 1. The first-order chi connectivity index (χ1) is 17.8. The van der Waals surface area contributed by atoms with E-state index in [1.165, 1.54) is 0 Å². The monoisotopic (exact) mass is 539 g/mol. The van der Waals surface area contributed by atoms with Crippen molar-refractivity contribution in [2.45, 2.75) is 19.1 Å². The number of hydrogen-bond donors (Lipinski definition) is 4. The molecule has 37 heavy (non-hydrogen) atoms. The molecule has 2 amide bonds. The number of H-pyrrole nitrogens is 1. The van der Waals surface area contributed by atoms with Crippen LogP contribution in [0.5, 0.6) is 5.75 Å². The van der Waals surface area contributed by atoms with Gasteiger partial charge in [0.15, 0.2) is 11.6 Å². The van der Waals surface area contributed by atoms with Crippen LogP contribution in [0.3, 0.4) is 0 Å². The average molecular weight is 540 g/mol. The molecule has 1 saturated heterocycles. The molecule has 1 atom stereocenters. The summed E-state index contributed by atoms with van der Waals surface area (Å²) < 4.78 is 5.90. The first kappa shape index (κ1) is 24.7. The summed E-state index contributed by atoms with van der Waals surface area (Å²) in [5.74, 6) is 0.469. The zero-order valence-electron chi connectivity index (χ0n) is 19.5. The van der Waals surface area contributed by atoms with E-state index in [-0.39, 0.29) is 24.4 Å². The molecule has 3 heterocycles. The highest BCUT2D eigenvalue weighted by atomic mass is 35.5. The van der Waals surface area contributed by atoms with E-state index < -0.39 is 6.09 Å². The van der Waals surface area contributed by atoms with Crippen LogP contribution in [0.25, 0.3) is 22.0 Å². The zero-order chi connectivity index (χ0) is 26.1. The molecule has 0 saturated carbocycles. The largest absolute Gasteiger partial charge is 0.485 e. The summed E-state index contributed by atoms with van der Waals surface area (Å²) in [5.41, 5.74) is 9.60. The van der Waals surface area contributed by atoms with Crippen LogP contribution in [0.15, 0.2) is 54.7 Å². The molecule has 2 aromatic carbocycles. The number of carbonyl (C=O) groups excluding carboxylic acids is 1. The van der Waals surface area contributed by atoms with Crippen molar-refractivity contribution < 1.29 is 19.4 Å². The van der Waals surface area contributed by atoms with Crippen molar-refractivity contribution in [2.24, 2.45) is 0 Å². The molecule has 5 rings (SSSR count). The summed E-state index contributed by atoms with van der Waals surface area (Å²) in [5, 5.41) is 13.2. The number of likely N-dealkylation sites (tertiary alicyclic amines) is 1. The van der Waals surface area contributed by atoms with E-state index in [1.54, 1.807) is 41.4 Å². The van der Waals surface area contributed by atoms with Crippen LogP contribution in [0.1, 0.15) is 22.5 Å². The Bertz CT molecular complexity index is 1490. The average Bonchev–Trinajstić information content (AvgIpc) is 3.50. The highest BCUT2D eigenvalue weighted by Gasteiger charge is 2.28. The Hall–Kier alpha value is -3.95. The van der Waals surface area contributed by atoms with Crippen LogP contribution in [0.2, 0.25) is 10.0 Å². The van der Waals surface area contributed by atoms with Gasteiger partial charge in [0.25, 0.3) is 5.91 Å². The highest BCUT2D eigenvalue weighted by molar-refractivity contribution is 6.35. The normalized spacial score (nSPS) is 15.2. The zero-order valence-corrected chi connectivity index (χ0v) is 21.0. The van der Waals surface area contributed by atoms with Crippen LogP contribution in [0, 0.1) is 0 Å². The first-order valence-electron chi connectivity index (χ1n) is 11.5. The van der Waals surface area contributed by atoms with Crippen LogP contribution >= 0.6 is 23.2 Å². The maximum Gasteiger partial charge on any atom is 0.404 e. The fraction of sp³-hybridized carbons (Fsp3) is 0.192. The number of fused-ring (bicyclic) bond motifs is 1. The summed E-state index contributed by atoms with van der Waals surface area (Å²) >= 11 is 12.5. The van der Waals surface area contributed by atoms with Crippen molar-refractivity contribution in [1.82, 2.24) is 20.2 Å². The Morgan fingerprint density at radius 3 is 2.70 bits per heavy atom. The molecule has 0 aliphatic carbocycles. The van der Waals surface area contributed by atoms with Crippen molar-refractivity contribution in [3.8, 4) is 16.9 Å². The summed E-state index contributed by atoms with van der Waals surface area (Å²) in [6.07, 6.45) is 1.15. The van der Waals surface area contributed by atoms with Crippen molar-refractivity contribution >= 4 is 51.9 Å². The lowest BCUT2D eigenvalue weighted by molar-refractivity contribution is 0.0783. The number of aromatic nitrogens is 2. The SMILES string of the molecule is Nc1ncc(-c2ccc3[nH]c(C(=O)N4CC[C@H](NC(=O)O)C4)cc3c2)cc1OCc1c(Cl)cccc1Cl. The van der Waals surface area contributed by atoms with Gasteiger partial charge in [0.1, 0.15) is 12.3 Å². The number of ether oxygens (including phenoxy) is 1. The number of aromatic amines is 1. The van der Waals surface area contributed by atoms with Crippen LogP contribution in [-0.2, 0) is 6.61 Å². The third-order valence-corrected chi connectivity index (χ3v) is 7.01. The maximum absolute atomic E-state index is 13.0. The van der Waals surface area contributed by atoms with Crippen molar-refractivity contribution in [2.75, 3.05) is 18.8 Å². The summed E-state index contributed by atoms with van der Waals surface area (Å²) in [4.78, 5) is 33.0. The third-order valence-electron chi connectivity index (χ3n) is 6.30. The minimum atomic E-state index is -1.09.